The molecule has 208 valence electrons. The molecule has 0 atom stereocenters. The third-order valence-corrected chi connectivity index (χ3v) is 6.79. The summed E-state index contributed by atoms with van der Waals surface area (Å²) in [6.07, 6.45) is -0.307. The van der Waals surface area contributed by atoms with Crippen molar-refractivity contribution in [2.24, 2.45) is 5.92 Å². The van der Waals surface area contributed by atoms with Gasteiger partial charge in [-0.25, -0.2) is 0 Å². The maximum atomic E-state index is 13.6. The van der Waals surface area contributed by atoms with Crippen molar-refractivity contribution in [1.82, 2.24) is 14.4 Å². The van der Waals surface area contributed by atoms with Crippen LogP contribution in [0.3, 0.4) is 0 Å². The van der Waals surface area contributed by atoms with E-state index in [1.807, 2.05) is 47.0 Å². The van der Waals surface area contributed by atoms with Crippen LogP contribution in [0.15, 0.2) is 72.9 Å². The summed E-state index contributed by atoms with van der Waals surface area (Å²) in [7, 11) is 1.60. The molecule has 1 fully saturated rings. The van der Waals surface area contributed by atoms with Crippen molar-refractivity contribution in [3.05, 3.63) is 95.3 Å². The first-order valence-electron chi connectivity index (χ1n) is 13.1. The highest BCUT2D eigenvalue weighted by Gasteiger charge is 2.35. The number of benzene rings is 2. The zero-order chi connectivity index (χ0) is 27.8. The van der Waals surface area contributed by atoms with Gasteiger partial charge < -0.3 is 19.1 Å². The quantitative estimate of drug-likeness (QED) is 0.274. The molecule has 0 unspecified atom stereocenters. The number of aromatic nitrogens is 1. The van der Waals surface area contributed by atoms with Gasteiger partial charge in [0.05, 0.1) is 12.1 Å². The summed E-state index contributed by atoms with van der Waals surface area (Å²) in [5, 5.41) is 0. The lowest BCUT2D eigenvalue weighted by Crippen LogP contribution is -2.43. The molecule has 0 radical (unpaired) electrons. The van der Waals surface area contributed by atoms with Crippen LogP contribution in [-0.4, -0.2) is 53.0 Å². The number of halogens is 3. The van der Waals surface area contributed by atoms with Crippen molar-refractivity contribution < 1.29 is 27.5 Å². The molecule has 1 saturated carbocycles. The largest absolute Gasteiger partial charge is 0.416 e. The van der Waals surface area contributed by atoms with E-state index in [2.05, 4.69) is 0 Å². The van der Waals surface area contributed by atoms with Crippen molar-refractivity contribution >= 4 is 11.8 Å². The highest BCUT2D eigenvalue weighted by atomic mass is 19.4. The Hall–Kier alpha value is -3.59. The summed E-state index contributed by atoms with van der Waals surface area (Å²) < 4.78 is 46.6. The fourth-order valence-electron chi connectivity index (χ4n) is 4.54. The number of amides is 2. The summed E-state index contributed by atoms with van der Waals surface area (Å²) >= 11 is 0. The summed E-state index contributed by atoms with van der Waals surface area (Å²) in [6, 6.07) is 18.6. The molecule has 2 aromatic carbocycles. The third kappa shape index (κ3) is 8.20. The van der Waals surface area contributed by atoms with Crippen LogP contribution in [0.25, 0.3) is 0 Å². The standard InChI is InChI=1S/C30H34F3N3O3/c1-39-17-7-16-35(28(37)22-36(29(38)25-13-14-25)19-23-8-3-2-4-9-23)21-27-12-6-15-34(27)20-24-10-5-11-26(18-24)30(31,32)33/h2-6,8-12,15,18,25H,7,13-14,16-17,19-22H2,1H3. The number of methoxy groups -OCH3 is 1. The van der Waals surface area contributed by atoms with Gasteiger partial charge in [-0.15, -0.1) is 0 Å². The van der Waals surface area contributed by atoms with Crippen molar-refractivity contribution in [3.63, 3.8) is 0 Å². The Morgan fingerprint density at radius 1 is 0.949 bits per heavy atom. The number of carbonyl (C=O) groups is 2. The first kappa shape index (κ1) is 28.4. The molecule has 1 aromatic heterocycles. The molecule has 0 spiro atoms. The zero-order valence-corrected chi connectivity index (χ0v) is 22.1. The molecule has 1 heterocycles. The molecule has 1 aliphatic carbocycles. The fraction of sp³-hybridized carbons (Fsp3) is 0.400. The second kappa shape index (κ2) is 13.0. The molecule has 4 rings (SSSR count). The van der Waals surface area contributed by atoms with Gasteiger partial charge in [-0.3, -0.25) is 9.59 Å². The normalized spacial score (nSPS) is 13.3. The van der Waals surface area contributed by atoms with Gasteiger partial charge in [0.1, 0.15) is 6.54 Å². The van der Waals surface area contributed by atoms with Crippen LogP contribution < -0.4 is 0 Å². The maximum Gasteiger partial charge on any atom is 0.416 e. The van der Waals surface area contributed by atoms with E-state index in [1.165, 1.54) is 6.07 Å². The van der Waals surface area contributed by atoms with Crippen LogP contribution in [0.4, 0.5) is 13.2 Å². The van der Waals surface area contributed by atoms with Crippen molar-refractivity contribution in [3.8, 4) is 0 Å². The minimum absolute atomic E-state index is 0.00281. The Kier molecular flexibility index (Phi) is 9.45. The van der Waals surface area contributed by atoms with E-state index in [0.29, 0.717) is 31.7 Å². The Bertz CT molecular complexity index is 1240. The van der Waals surface area contributed by atoms with Crippen molar-refractivity contribution in [1.29, 1.82) is 0 Å². The smallest absolute Gasteiger partial charge is 0.385 e. The summed E-state index contributed by atoms with van der Waals surface area (Å²) in [5.74, 6) is -0.201. The molecule has 3 aromatic rings. The van der Waals surface area contributed by atoms with Crippen LogP contribution in [0.2, 0.25) is 0 Å². The number of hydrogen-bond donors (Lipinski definition) is 0. The van der Waals surface area contributed by atoms with E-state index in [4.69, 9.17) is 4.74 Å². The molecule has 0 bridgehead atoms. The number of hydrogen-bond acceptors (Lipinski definition) is 3. The number of rotatable bonds is 13. The first-order valence-corrected chi connectivity index (χ1v) is 13.1. The third-order valence-electron chi connectivity index (χ3n) is 6.79. The average molecular weight is 542 g/mol. The fourth-order valence-corrected chi connectivity index (χ4v) is 4.54. The van der Waals surface area contributed by atoms with Crippen LogP contribution in [0, 0.1) is 5.92 Å². The highest BCUT2D eigenvalue weighted by molar-refractivity contribution is 5.87. The average Bonchev–Trinajstić information content (AvgIpc) is 3.68. The Morgan fingerprint density at radius 3 is 2.38 bits per heavy atom. The lowest BCUT2D eigenvalue weighted by molar-refractivity contribution is -0.142. The molecule has 39 heavy (non-hydrogen) atoms. The van der Waals surface area contributed by atoms with Gasteiger partial charge in [-0.1, -0.05) is 42.5 Å². The molecule has 6 nitrogen and oxygen atoms in total. The van der Waals surface area contributed by atoms with Gasteiger partial charge in [0, 0.05) is 51.2 Å². The molecule has 1 aliphatic rings. The molecular formula is C30H34F3N3O3. The number of alkyl halides is 3. The topological polar surface area (TPSA) is 54.8 Å². The molecular weight excluding hydrogens is 507 g/mol. The van der Waals surface area contributed by atoms with E-state index in [-0.39, 0.29) is 37.4 Å². The van der Waals surface area contributed by atoms with E-state index in [9.17, 15) is 22.8 Å². The molecule has 0 saturated heterocycles. The van der Waals surface area contributed by atoms with Gasteiger partial charge in [0.25, 0.3) is 0 Å². The van der Waals surface area contributed by atoms with Crippen LogP contribution in [-0.2, 0) is 40.1 Å². The number of ether oxygens (including phenoxy) is 1. The van der Waals surface area contributed by atoms with Gasteiger partial charge in [-0.05, 0) is 54.7 Å². The molecule has 2 amide bonds. The lowest BCUT2D eigenvalue weighted by atomic mass is 10.1. The van der Waals surface area contributed by atoms with E-state index >= 15 is 0 Å². The summed E-state index contributed by atoms with van der Waals surface area (Å²) in [5.41, 5.74) is 1.58. The van der Waals surface area contributed by atoms with Crippen LogP contribution in [0.5, 0.6) is 0 Å². The van der Waals surface area contributed by atoms with Crippen molar-refractivity contribution in [2.75, 3.05) is 26.8 Å². The summed E-state index contributed by atoms with van der Waals surface area (Å²) in [4.78, 5) is 30.0. The SMILES string of the molecule is COCCCN(Cc1cccn1Cc1cccc(C(F)(F)F)c1)C(=O)CN(Cc1ccccc1)C(=O)C1CC1. The molecule has 0 N–H and O–H groups in total. The van der Waals surface area contributed by atoms with Gasteiger partial charge >= 0.3 is 6.18 Å². The van der Waals surface area contributed by atoms with E-state index in [1.54, 1.807) is 29.2 Å². The minimum Gasteiger partial charge on any atom is -0.385 e. The number of carbonyl (C=O) groups excluding carboxylic acids is 2. The van der Waals surface area contributed by atoms with E-state index in [0.717, 1.165) is 36.2 Å². The van der Waals surface area contributed by atoms with Gasteiger partial charge in [-0.2, -0.15) is 13.2 Å². The summed E-state index contributed by atoms with van der Waals surface area (Å²) in [6.45, 7) is 1.74. The molecule has 0 aliphatic heterocycles. The maximum absolute atomic E-state index is 13.6. The number of nitrogens with zero attached hydrogens (tertiary/aromatic N) is 3. The second-order valence-electron chi connectivity index (χ2n) is 9.94. The predicted molar refractivity (Wildman–Crippen MR) is 141 cm³/mol. The van der Waals surface area contributed by atoms with Gasteiger partial charge in [0.15, 0.2) is 0 Å². The van der Waals surface area contributed by atoms with Crippen LogP contribution in [0.1, 0.15) is 41.6 Å². The van der Waals surface area contributed by atoms with Crippen molar-refractivity contribution in [2.45, 2.75) is 45.1 Å². The Balaban J connectivity index is 1.49. The first-order chi connectivity index (χ1) is 18.7. The van der Waals surface area contributed by atoms with Gasteiger partial charge in [0.2, 0.25) is 11.8 Å². The Morgan fingerprint density at radius 2 is 1.69 bits per heavy atom. The lowest BCUT2D eigenvalue weighted by Gasteiger charge is -2.28. The Labute approximate surface area is 227 Å². The minimum atomic E-state index is -4.41. The molecule has 9 heteroatoms. The zero-order valence-electron chi connectivity index (χ0n) is 22.1. The highest BCUT2D eigenvalue weighted by Crippen LogP contribution is 2.32. The predicted octanol–water partition coefficient (Wildman–Crippen LogP) is 5.36. The van der Waals surface area contributed by atoms with Crippen LogP contribution >= 0.6 is 0 Å². The second-order valence-corrected chi connectivity index (χ2v) is 9.94. The monoisotopic (exact) mass is 541 g/mol. The van der Waals surface area contributed by atoms with E-state index < -0.39 is 11.7 Å².